The van der Waals surface area contributed by atoms with Crippen molar-refractivity contribution in [2.45, 2.75) is 12.8 Å². The Morgan fingerprint density at radius 3 is 2.82 bits per heavy atom. The molecule has 94 valence electrons. The molecule has 0 radical (unpaired) electrons. The van der Waals surface area contributed by atoms with Gasteiger partial charge in [-0.3, -0.25) is 4.79 Å². The van der Waals surface area contributed by atoms with E-state index in [0.717, 1.165) is 38.4 Å². The van der Waals surface area contributed by atoms with E-state index in [-0.39, 0.29) is 5.56 Å². The number of aryl methyl sites for hydroxylation is 1. The Kier molecular flexibility index (Phi) is 3.78. The van der Waals surface area contributed by atoms with Gasteiger partial charge in [0, 0.05) is 32.5 Å². The Bertz CT molecular complexity index is 421. The fourth-order valence-electron chi connectivity index (χ4n) is 2.34. The monoisotopic (exact) mass is 236 g/mol. The summed E-state index contributed by atoms with van der Waals surface area (Å²) in [5, 5.41) is 3.21. The second-order valence-corrected chi connectivity index (χ2v) is 4.66. The molecule has 0 aliphatic carbocycles. The third-order valence-electron chi connectivity index (χ3n) is 3.41. The van der Waals surface area contributed by atoms with Gasteiger partial charge < -0.3 is 14.8 Å². The number of piperidine rings is 1. The lowest BCUT2D eigenvalue weighted by Crippen LogP contribution is -2.40. The van der Waals surface area contributed by atoms with Crippen molar-refractivity contribution in [3.63, 3.8) is 0 Å². The normalized spacial score (nSPS) is 17.4. The number of hydrogen-bond acceptors (Lipinski definition) is 4. The van der Waals surface area contributed by atoms with Crippen molar-refractivity contribution in [2.24, 2.45) is 13.0 Å². The van der Waals surface area contributed by atoms with Gasteiger partial charge in [0.25, 0.3) is 5.56 Å². The summed E-state index contributed by atoms with van der Waals surface area (Å²) in [5.74, 6) is 1.32. The minimum atomic E-state index is -0.000401. The van der Waals surface area contributed by atoms with Crippen LogP contribution in [0.25, 0.3) is 0 Å². The topological polar surface area (TPSA) is 50.2 Å². The lowest BCUT2D eigenvalue weighted by molar-refractivity contribution is 0.391. The molecule has 5 nitrogen and oxygen atoms in total. The summed E-state index contributed by atoms with van der Waals surface area (Å²) >= 11 is 0. The summed E-state index contributed by atoms with van der Waals surface area (Å²) in [6.07, 6.45) is 5.64. The summed E-state index contributed by atoms with van der Waals surface area (Å²) in [4.78, 5) is 18.2. The highest BCUT2D eigenvalue weighted by molar-refractivity contribution is 5.35. The number of hydrogen-bond donors (Lipinski definition) is 1. The van der Waals surface area contributed by atoms with Gasteiger partial charge in [0.1, 0.15) is 0 Å². The molecule has 0 amide bonds. The Labute approximate surface area is 101 Å². The van der Waals surface area contributed by atoms with Crippen LogP contribution in [-0.4, -0.2) is 36.2 Å². The van der Waals surface area contributed by atoms with Gasteiger partial charge in [-0.25, -0.2) is 4.98 Å². The molecule has 17 heavy (non-hydrogen) atoms. The Morgan fingerprint density at radius 2 is 2.18 bits per heavy atom. The average molecular weight is 236 g/mol. The zero-order valence-corrected chi connectivity index (χ0v) is 10.5. The van der Waals surface area contributed by atoms with E-state index < -0.39 is 0 Å². The van der Waals surface area contributed by atoms with E-state index in [1.165, 1.54) is 0 Å². The van der Waals surface area contributed by atoms with Crippen molar-refractivity contribution in [1.82, 2.24) is 14.9 Å². The minimum absolute atomic E-state index is 0.000401. The second kappa shape index (κ2) is 5.31. The molecule has 1 saturated heterocycles. The van der Waals surface area contributed by atoms with E-state index in [0.29, 0.717) is 5.82 Å². The zero-order chi connectivity index (χ0) is 12.3. The highest BCUT2D eigenvalue weighted by Crippen LogP contribution is 2.18. The van der Waals surface area contributed by atoms with Crippen LogP contribution in [0.4, 0.5) is 5.82 Å². The van der Waals surface area contributed by atoms with Crippen molar-refractivity contribution in [3.8, 4) is 0 Å². The van der Waals surface area contributed by atoms with Crippen molar-refractivity contribution in [2.75, 3.05) is 31.6 Å². The summed E-state index contributed by atoms with van der Waals surface area (Å²) < 4.78 is 1.59. The van der Waals surface area contributed by atoms with Gasteiger partial charge in [-0.2, -0.15) is 0 Å². The Morgan fingerprint density at radius 1 is 1.47 bits per heavy atom. The van der Waals surface area contributed by atoms with Crippen LogP contribution in [0.1, 0.15) is 12.8 Å². The molecule has 0 saturated carbocycles. The lowest BCUT2D eigenvalue weighted by atomic mass is 9.97. The van der Waals surface area contributed by atoms with Crippen molar-refractivity contribution in [1.29, 1.82) is 0 Å². The maximum atomic E-state index is 11.9. The molecule has 1 aromatic heterocycles. The van der Waals surface area contributed by atoms with Crippen LogP contribution in [0.5, 0.6) is 0 Å². The van der Waals surface area contributed by atoms with Crippen molar-refractivity contribution in [3.05, 3.63) is 22.7 Å². The number of nitrogens with one attached hydrogen (secondary N) is 1. The first kappa shape index (κ1) is 12.1. The minimum Gasteiger partial charge on any atom is -0.352 e. The molecule has 1 aliphatic rings. The van der Waals surface area contributed by atoms with Crippen LogP contribution >= 0.6 is 0 Å². The van der Waals surface area contributed by atoms with Gasteiger partial charge in [-0.1, -0.05) is 0 Å². The average Bonchev–Trinajstić information content (AvgIpc) is 2.34. The molecule has 1 fully saturated rings. The van der Waals surface area contributed by atoms with Crippen molar-refractivity contribution < 1.29 is 0 Å². The zero-order valence-electron chi connectivity index (χ0n) is 10.5. The van der Waals surface area contributed by atoms with E-state index in [1.54, 1.807) is 24.0 Å². The highest BCUT2D eigenvalue weighted by atomic mass is 16.1. The first-order chi connectivity index (χ1) is 8.22. The number of nitrogens with zero attached hydrogens (tertiary/aromatic N) is 3. The first-order valence-electron chi connectivity index (χ1n) is 6.13. The smallest absolute Gasteiger partial charge is 0.293 e. The summed E-state index contributed by atoms with van der Waals surface area (Å²) in [7, 11) is 3.75. The first-order valence-corrected chi connectivity index (χ1v) is 6.13. The number of anilines is 1. The van der Waals surface area contributed by atoms with Crippen LogP contribution in [0, 0.1) is 5.92 Å². The molecule has 1 N–H and O–H groups in total. The molecule has 1 aliphatic heterocycles. The quantitative estimate of drug-likeness (QED) is 0.815. The maximum Gasteiger partial charge on any atom is 0.293 e. The van der Waals surface area contributed by atoms with Crippen LogP contribution < -0.4 is 15.8 Å². The molecule has 0 spiro atoms. The summed E-state index contributed by atoms with van der Waals surface area (Å²) in [5.41, 5.74) is -0.000401. The van der Waals surface area contributed by atoms with Gasteiger partial charge in [-0.15, -0.1) is 0 Å². The number of aromatic nitrogens is 2. The van der Waals surface area contributed by atoms with Gasteiger partial charge in [0.2, 0.25) is 0 Å². The van der Waals surface area contributed by atoms with Crippen LogP contribution in [0.2, 0.25) is 0 Å². The lowest BCUT2D eigenvalue weighted by Gasteiger charge is -2.32. The predicted molar refractivity (Wildman–Crippen MR) is 68.3 cm³/mol. The molecule has 0 bridgehead atoms. The molecule has 0 atom stereocenters. The third kappa shape index (κ3) is 2.66. The van der Waals surface area contributed by atoms with Gasteiger partial charge in [-0.05, 0) is 32.4 Å². The van der Waals surface area contributed by atoms with Gasteiger partial charge in [0.05, 0.1) is 0 Å². The SMILES string of the molecule is CNCC1CCN(c2nccn(C)c2=O)CC1. The van der Waals surface area contributed by atoms with Crippen LogP contribution in [0.15, 0.2) is 17.2 Å². The summed E-state index contributed by atoms with van der Waals surface area (Å²) in [6.45, 7) is 2.92. The van der Waals surface area contributed by atoms with Gasteiger partial charge >= 0.3 is 0 Å². The van der Waals surface area contributed by atoms with Crippen molar-refractivity contribution >= 4 is 5.82 Å². The fourth-order valence-corrected chi connectivity index (χ4v) is 2.34. The molecule has 0 aromatic carbocycles. The fraction of sp³-hybridized carbons (Fsp3) is 0.667. The standard InChI is InChI=1S/C12H20N4O/c1-13-9-10-3-6-16(7-4-10)11-12(17)15(2)8-5-14-11/h5,8,10,13H,3-4,6-7,9H2,1-2H3. The second-order valence-electron chi connectivity index (χ2n) is 4.66. The molecule has 2 rings (SSSR count). The number of rotatable bonds is 3. The molecule has 1 aromatic rings. The highest BCUT2D eigenvalue weighted by Gasteiger charge is 2.21. The molecular formula is C12H20N4O. The van der Waals surface area contributed by atoms with E-state index in [2.05, 4.69) is 15.2 Å². The van der Waals surface area contributed by atoms with E-state index in [4.69, 9.17) is 0 Å². The Hall–Kier alpha value is -1.36. The van der Waals surface area contributed by atoms with E-state index in [9.17, 15) is 4.79 Å². The van der Waals surface area contributed by atoms with Crippen LogP contribution in [-0.2, 0) is 7.05 Å². The van der Waals surface area contributed by atoms with Gasteiger partial charge in [0.15, 0.2) is 5.82 Å². The molecule has 0 unspecified atom stereocenters. The van der Waals surface area contributed by atoms with Crippen LogP contribution in [0.3, 0.4) is 0 Å². The predicted octanol–water partition coefficient (Wildman–Crippen LogP) is 0.216. The van der Waals surface area contributed by atoms with E-state index >= 15 is 0 Å². The molecule has 5 heteroatoms. The molecular weight excluding hydrogens is 216 g/mol. The summed E-state index contributed by atoms with van der Waals surface area (Å²) in [6, 6.07) is 0. The largest absolute Gasteiger partial charge is 0.352 e. The third-order valence-corrected chi connectivity index (χ3v) is 3.41. The maximum absolute atomic E-state index is 11.9. The van der Waals surface area contributed by atoms with E-state index in [1.807, 2.05) is 7.05 Å². The Balaban J connectivity index is 2.06. The molecule has 2 heterocycles.